The van der Waals surface area contributed by atoms with Crippen LogP contribution in [0.4, 0.5) is 5.82 Å². The maximum absolute atomic E-state index is 11.7. The molecular formula is C11H8IN3O2. The van der Waals surface area contributed by atoms with Crippen LogP contribution >= 0.6 is 22.6 Å². The van der Waals surface area contributed by atoms with Crippen LogP contribution in [0, 0.1) is 3.57 Å². The molecule has 2 aromatic heterocycles. The van der Waals surface area contributed by atoms with Gasteiger partial charge in [-0.05, 0) is 40.8 Å². The smallest absolute Gasteiger partial charge is 0.258 e. The summed E-state index contributed by atoms with van der Waals surface area (Å²) in [6.07, 6.45) is 3.02. The SMILES string of the molecule is O=C(Nc1ccc(I)cn1)c1ccc(=O)[nH]c1. The van der Waals surface area contributed by atoms with E-state index in [1.165, 1.54) is 18.3 Å². The lowest BCUT2D eigenvalue weighted by Crippen LogP contribution is -2.15. The number of nitrogens with zero attached hydrogens (tertiary/aromatic N) is 1. The summed E-state index contributed by atoms with van der Waals surface area (Å²) in [5.74, 6) is 0.163. The fourth-order valence-corrected chi connectivity index (χ4v) is 1.51. The average Bonchev–Trinajstić information content (AvgIpc) is 2.33. The van der Waals surface area contributed by atoms with Crippen molar-refractivity contribution < 1.29 is 4.79 Å². The zero-order valence-electron chi connectivity index (χ0n) is 8.61. The zero-order chi connectivity index (χ0) is 12.3. The standard InChI is InChI=1S/C11H8IN3O2/c12-8-2-3-9(13-6-8)15-11(17)7-1-4-10(16)14-5-7/h1-6H,(H,14,16)(H,13,15,17). The lowest BCUT2D eigenvalue weighted by Gasteiger charge is -2.03. The Bertz CT molecular complexity index is 572. The fourth-order valence-electron chi connectivity index (χ4n) is 1.19. The highest BCUT2D eigenvalue weighted by molar-refractivity contribution is 14.1. The van der Waals surface area contributed by atoms with E-state index in [1.807, 2.05) is 6.07 Å². The van der Waals surface area contributed by atoms with Crippen LogP contribution in [0.5, 0.6) is 0 Å². The van der Waals surface area contributed by atoms with E-state index in [2.05, 4.69) is 37.9 Å². The second-order valence-electron chi connectivity index (χ2n) is 3.26. The first-order valence-corrected chi connectivity index (χ1v) is 5.85. The molecule has 0 aliphatic rings. The third-order valence-corrected chi connectivity index (χ3v) is 2.65. The summed E-state index contributed by atoms with van der Waals surface area (Å²) in [6, 6.07) is 6.32. The Hall–Kier alpha value is -1.70. The first-order valence-electron chi connectivity index (χ1n) is 4.77. The molecule has 6 heteroatoms. The molecule has 17 heavy (non-hydrogen) atoms. The summed E-state index contributed by atoms with van der Waals surface area (Å²) >= 11 is 2.13. The highest BCUT2D eigenvalue weighted by Gasteiger charge is 2.06. The van der Waals surface area contributed by atoms with Crippen LogP contribution in [0.3, 0.4) is 0 Å². The lowest BCUT2D eigenvalue weighted by molar-refractivity contribution is 0.102. The minimum atomic E-state index is -0.310. The van der Waals surface area contributed by atoms with E-state index in [9.17, 15) is 9.59 Å². The first kappa shape index (κ1) is 11.8. The van der Waals surface area contributed by atoms with Crippen LogP contribution in [0.2, 0.25) is 0 Å². The topological polar surface area (TPSA) is 74.8 Å². The molecular weight excluding hydrogens is 333 g/mol. The molecule has 0 aromatic carbocycles. The molecule has 0 aliphatic carbocycles. The summed E-state index contributed by atoms with van der Waals surface area (Å²) in [7, 11) is 0. The molecule has 0 saturated heterocycles. The van der Waals surface area contributed by atoms with Crippen LogP contribution in [-0.4, -0.2) is 15.9 Å². The quantitative estimate of drug-likeness (QED) is 0.816. The molecule has 0 aliphatic heterocycles. The van der Waals surface area contributed by atoms with Gasteiger partial charge >= 0.3 is 0 Å². The van der Waals surface area contributed by atoms with Crippen molar-refractivity contribution in [2.45, 2.75) is 0 Å². The number of H-pyrrole nitrogens is 1. The molecule has 1 amide bonds. The van der Waals surface area contributed by atoms with Crippen molar-refractivity contribution in [2.24, 2.45) is 0 Å². The summed E-state index contributed by atoms with van der Waals surface area (Å²) in [6.45, 7) is 0. The van der Waals surface area contributed by atoms with Gasteiger partial charge in [-0.1, -0.05) is 0 Å². The number of carbonyl (C=O) groups excluding carboxylic acids is 1. The number of aromatic amines is 1. The number of nitrogens with one attached hydrogen (secondary N) is 2. The first-order chi connectivity index (χ1) is 8.15. The van der Waals surface area contributed by atoms with Gasteiger partial charge in [0.1, 0.15) is 5.82 Å². The average molecular weight is 341 g/mol. The van der Waals surface area contributed by atoms with Crippen molar-refractivity contribution >= 4 is 34.3 Å². The minimum absolute atomic E-state index is 0.242. The molecule has 86 valence electrons. The van der Waals surface area contributed by atoms with E-state index in [4.69, 9.17) is 0 Å². The number of pyridine rings is 2. The van der Waals surface area contributed by atoms with Gasteiger partial charge in [0.25, 0.3) is 5.91 Å². The number of carbonyl (C=O) groups is 1. The predicted octanol–water partition coefficient (Wildman–Crippen LogP) is 1.63. The van der Waals surface area contributed by atoms with Crippen LogP contribution in [-0.2, 0) is 0 Å². The van der Waals surface area contributed by atoms with Crippen molar-refractivity contribution in [3.8, 4) is 0 Å². The maximum Gasteiger partial charge on any atom is 0.258 e. The molecule has 2 heterocycles. The van der Waals surface area contributed by atoms with E-state index >= 15 is 0 Å². The highest BCUT2D eigenvalue weighted by atomic mass is 127. The summed E-state index contributed by atoms with van der Waals surface area (Å²) in [4.78, 5) is 29.1. The fraction of sp³-hybridized carbons (Fsp3) is 0. The number of aromatic nitrogens is 2. The van der Waals surface area contributed by atoms with Crippen molar-refractivity contribution in [1.82, 2.24) is 9.97 Å². The number of rotatable bonds is 2. The van der Waals surface area contributed by atoms with E-state index < -0.39 is 0 Å². The van der Waals surface area contributed by atoms with Gasteiger partial charge in [-0.15, -0.1) is 0 Å². The Kier molecular flexibility index (Phi) is 3.52. The second-order valence-corrected chi connectivity index (χ2v) is 4.50. The molecule has 0 fully saturated rings. The van der Waals surface area contributed by atoms with Crippen molar-refractivity contribution in [3.63, 3.8) is 0 Å². The van der Waals surface area contributed by atoms with Gasteiger partial charge in [0.15, 0.2) is 0 Å². The Morgan fingerprint density at radius 3 is 2.71 bits per heavy atom. The summed E-state index contributed by atoms with van der Waals surface area (Å²) in [5, 5.41) is 2.63. The molecule has 2 rings (SSSR count). The van der Waals surface area contributed by atoms with Crippen molar-refractivity contribution in [2.75, 3.05) is 5.32 Å². The van der Waals surface area contributed by atoms with Gasteiger partial charge < -0.3 is 10.3 Å². The Morgan fingerprint density at radius 1 is 1.29 bits per heavy atom. The third-order valence-electron chi connectivity index (χ3n) is 2.02. The second kappa shape index (κ2) is 5.09. The molecule has 0 saturated carbocycles. The van der Waals surface area contributed by atoms with Gasteiger partial charge in [-0.25, -0.2) is 4.98 Å². The highest BCUT2D eigenvalue weighted by Crippen LogP contribution is 2.08. The Morgan fingerprint density at radius 2 is 2.12 bits per heavy atom. The van der Waals surface area contributed by atoms with Crippen molar-refractivity contribution in [1.29, 1.82) is 0 Å². The summed E-state index contributed by atoms with van der Waals surface area (Å²) in [5.41, 5.74) is 0.138. The van der Waals surface area contributed by atoms with Crippen LogP contribution in [0.25, 0.3) is 0 Å². The van der Waals surface area contributed by atoms with Crippen LogP contribution < -0.4 is 10.9 Å². The van der Waals surface area contributed by atoms with Gasteiger partial charge in [0.2, 0.25) is 5.56 Å². The number of anilines is 1. The number of amides is 1. The molecule has 0 unspecified atom stereocenters. The summed E-state index contributed by atoms with van der Waals surface area (Å²) < 4.78 is 0.990. The zero-order valence-corrected chi connectivity index (χ0v) is 10.8. The Balaban J connectivity index is 2.14. The number of halogens is 1. The largest absolute Gasteiger partial charge is 0.328 e. The molecule has 2 N–H and O–H groups in total. The van der Waals surface area contributed by atoms with Gasteiger partial charge in [0.05, 0.1) is 5.56 Å². The lowest BCUT2D eigenvalue weighted by atomic mass is 10.2. The molecule has 5 nitrogen and oxygen atoms in total. The van der Waals surface area contributed by atoms with Gasteiger partial charge in [-0.2, -0.15) is 0 Å². The van der Waals surface area contributed by atoms with E-state index in [0.717, 1.165) is 3.57 Å². The molecule has 2 aromatic rings. The monoisotopic (exact) mass is 341 g/mol. The van der Waals surface area contributed by atoms with E-state index in [0.29, 0.717) is 11.4 Å². The molecule has 0 spiro atoms. The van der Waals surface area contributed by atoms with Gasteiger partial charge in [-0.3, -0.25) is 9.59 Å². The normalized spacial score (nSPS) is 9.94. The number of hydrogen-bond donors (Lipinski definition) is 2. The minimum Gasteiger partial charge on any atom is -0.328 e. The van der Waals surface area contributed by atoms with Crippen LogP contribution in [0.15, 0.2) is 41.5 Å². The molecule has 0 radical (unpaired) electrons. The van der Waals surface area contributed by atoms with Crippen molar-refractivity contribution in [3.05, 3.63) is 56.1 Å². The van der Waals surface area contributed by atoms with E-state index in [1.54, 1.807) is 12.3 Å². The molecule has 0 bridgehead atoms. The predicted molar refractivity (Wildman–Crippen MR) is 72.0 cm³/mol. The third kappa shape index (κ3) is 3.13. The maximum atomic E-state index is 11.7. The van der Waals surface area contributed by atoms with E-state index in [-0.39, 0.29) is 11.5 Å². The molecule has 0 atom stereocenters. The Labute approximate surface area is 110 Å². The van der Waals surface area contributed by atoms with Crippen LogP contribution in [0.1, 0.15) is 10.4 Å². The van der Waals surface area contributed by atoms with Gasteiger partial charge in [0, 0.05) is 22.0 Å². The number of hydrogen-bond acceptors (Lipinski definition) is 3.